The Morgan fingerprint density at radius 3 is 2.81 bits per heavy atom. The molecule has 4 rings (SSSR count). The highest BCUT2D eigenvalue weighted by atomic mass is 35.5. The first-order valence-electron chi connectivity index (χ1n) is 8.42. The second kappa shape index (κ2) is 6.90. The molecule has 1 saturated heterocycles. The Bertz CT molecular complexity index is 956. The summed E-state index contributed by atoms with van der Waals surface area (Å²) >= 11 is 12.2. The van der Waals surface area contributed by atoms with E-state index in [-0.39, 0.29) is 0 Å². The Kier molecular flexibility index (Phi) is 4.60. The number of piperidine rings is 1. The predicted octanol–water partition coefficient (Wildman–Crippen LogP) is 3.21. The van der Waals surface area contributed by atoms with E-state index >= 15 is 0 Å². The third-order valence-electron chi connectivity index (χ3n) is 4.58. The van der Waals surface area contributed by atoms with Gasteiger partial charge >= 0.3 is 0 Å². The lowest BCUT2D eigenvalue weighted by Gasteiger charge is -2.30. The second-order valence-electron chi connectivity index (χ2n) is 6.57. The summed E-state index contributed by atoms with van der Waals surface area (Å²) in [5.41, 5.74) is 7.53. The fourth-order valence-corrected chi connectivity index (χ4v) is 3.69. The van der Waals surface area contributed by atoms with Crippen molar-refractivity contribution in [1.82, 2.24) is 24.4 Å². The molecule has 0 bridgehead atoms. The summed E-state index contributed by atoms with van der Waals surface area (Å²) in [7, 11) is 2.13. The first kappa shape index (κ1) is 17.3. The van der Waals surface area contributed by atoms with Crippen molar-refractivity contribution in [3.63, 3.8) is 0 Å². The van der Waals surface area contributed by atoms with Crippen LogP contribution in [0, 0.1) is 0 Å². The van der Waals surface area contributed by atoms with Crippen LogP contribution in [0.25, 0.3) is 16.9 Å². The van der Waals surface area contributed by atoms with E-state index in [2.05, 4.69) is 32.2 Å². The maximum atomic E-state index is 6.17. The average molecular weight is 392 g/mol. The highest BCUT2D eigenvalue weighted by molar-refractivity contribution is 6.42. The van der Waals surface area contributed by atoms with Gasteiger partial charge in [0.25, 0.3) is 0 Å². The molecular weight excluding hydrogens is 373 g/mol. The molecule has 0 saturated carbocycles. The number of likely N-dealkylation sites (tertiary alicyclic amines) is 1. The third kappa shape index (κ3) is 3.30. The van der Waals surface area contributed by atoms with Gasteiger partial charge in [-0.3, -0.25) is 4.57 Å². The number of nitrogens with one attached hydrogen (secondary N) is 1. The summed E-state index contributed by atoms with van der Waals surface area (Å²) in [5, 5.41) is 4.37. The monoisotopic (exact) mass is 391 g/mol. The van der Waals surface area contributed by atoms with Crippen LogP contribution >= 0.6 is 23.2 Å². The fraction of sp³-hybridized carbons (Fsp3) is 0.353. The second-order valence-corrected chi connectivity index (χ2v) is 7.38. The maximum Gasteiger partial charge on any atom is 0.207 e. The zero-order valence-corrected chi connectivity index (χ0v) is 15.8. The first-order chi connectivity index (χ1) is 12.5. The van der Waals surface area contributed by atoms with Gasteiger partial charge in [-0.2, -0.15) is 0 Å². The molecule has 1 aromatic carbocycles. The Morgan fingerprint density at radius 1 is 1.19 bits per heavy atom. The smallest absolute Gasteiger partial charge is 0.207 e. The van der Waals surface area contributed by atoms with Crippen molar-refractivity contribution < 1.29 is 0 Å². The Hall–Kier alpha value is -2.09. The lowest BCUT2D eigenvalue weighted by atomic mass is 10.1. The van der Waals surface area contributed by atoms with E-state index < -0.39 is 0 Å². The lowest BCUT2D eigenvalue weighted by Crippen LogP contribution is -2.39. The number of nitrogens with zero attached hydrogens (tertiary/aromatic N) is 5. The summed E-state index contributed by atoms with van der Waals surface area (Å²) in [6.45, 7) is 2.12. The van der Waals surface area contributed by atoms with Gasteiger partial charge in [-0.15, -0.1) is 0 Å². The summed E-state index contributed by atoms with van der Waals surface area (Å²) in [6, 6.07) is 5.67. The minimum absolute atomic E-state index is 0.320. The molecule has 0 aliphatic carbocycles. The van der Waals surface area contributed by atoms with E-state index in [0.29, 0.717) is 33.4 Å². The summed E-state index contributed by atoms with van der Waals surface area (Å²) in [5.74, 6) is 1.71. The molecule has 9 heteroatoms. The molecule has 0 spiro atoms. The van der Waals surface area contributed by atoms with Crippen LogP contribution in [0.5, 0.6) is 0 Å². The van der Waals surface area contributed by atoms with Gasteiger partial charge in [0.05, 0.1) is 21.1 Å². The van der Waals surface area contributed by atoms with Crippen LogP contribution in [0.15, 0.2) is 24.5 Å². The van der Waals surface area contributed by atoms with Crippen LogP contribution < -0.4 is 11.1 Å². The standard InChI is InChI=1S/C17H19Cl2N7/c1-25-4-2-3-10(8-25)23-15-7-16(22-9-21-15)26-14-6-12(19)11(18)5-13(14)24-17(26)20/h5-7,9-10H,2-4,8H2,1H3,(H2,20,24)(H,21,22,23)/t10-/m0/s1. The number of fused-ring (bicyclic) bond motifs is 1. The van der Waals surface area contributed by atoms with Gasteiger partial charge in [0, 0.05) is 18.7 Å². The van der Waals surface area contributed by atoms with Crippen LogP contribution in [0.2, 0.25) is 10.0 Å². The number of nitrogens with two attached hydrogens (primary N) is 1. The highest BCUT2D eigenvalue weighted by Gasteiger charge is 2.18. The molecule has 26 heavy (non-hydrogen) atoms. The first-order valence-corrected chi connectivity index (χ1v) is 9.17. The molecule has 136 valence electrons. The van der Waals surface area contributed by atoms with E-state index in [4.69, 9.17) is 28.9 Å². The van der Waals surface area contributed by atoms with Crippen LogP contribution in [0.3, 0.4) is 0 Å². The zero-order valence-electron chi connectivity index (χ0n) is 14.3. The largest absolute Gasteiger partial charge is 0.369 e. The van der Waals surface area contributed by atoms with E-state index in [1.807, 2.05) is 6.07 Å². The summed E-state index contributed by atoms with van der Waals surface area (Å²) in [6.07, 6.45) is 3.81. The van der Waals surface area contributed by atoms with Gasteiger partial charge in [-0.1, -0.05) is 23.2 Å². The molecular formula is C17H19Cl2N7. The van der Waals surface area contributed by atoms with Gasteiger partial charge < -0.3 is 16.0 Å². The molecule has 7 nitrogen and oxygen atoms in total. The molecule has 1 atom stereocenters. The van der Waals surface area contributed by atoms with Crippen molar-refractivity contribution in [2.45, 2.75) is 18.9 Å². The van der Waals surface area contributed by atoms with Crippen LogP contribution in [0.4, 0.5) is 11.8 Å². The van der Waals surface area contributed by atoms with Crippen molar-refractivity contribution in [3.8, 4) is 5.82 Å². The number of benzene rings is 1. The van der Waals surface area contributed by atoms with E-state index in [0.717, 1.165) is 30.8 Å². The predicted molar refractivity (Wildman–Crippen MR) is 105 cm³/mol. The van der Waals surface area contributed by atoms with Crippen molar-refractivity contribution in [3.05, 3.63) is 34.6 Å². The molecule has 1 aliphatic heterocycles. The van der Waals surface area contributed by atoms with Gasteiger partial charge in [0.1, 0.15) is 18.0 Å². The highest BCUT2D eigenvalue weighted by Crippen LogP contribution is 2.30. The lowest BCUT2D eigenvalue weighted by molar-refractivity contribution is 0.260. The number of aromatic nitrogens is 4. The number of rotatable bonds is 3. The molecule has 0 unspecified atom stereocenters. The van der Waals surface area contributed by atoms with Gasteiger partial charge in [0.15, 0.2) is 0 Å². The average Bonchev–Trinajstić information content (AvgIpc) is 2.90. The van der Waals surface area contributed by atoms with Gasteiger partial charge in [0.2, 0.25) is 5.95 Å². The minimum Gasteiger partial charge on any atom is -0.369 e. The van der Waals surface area contributed by atoms with Gasteiger partial charge in [-0.25, -0.2) is 15.0 Å². The molecule has 1 fully saturated rings. The number of likely N-dealkylation sites (N-methyl/N-ethyl adjacent to an activating group) is 1. The van der Waals surface area contributed by atoms with Crippen molar-refractivity contribution >= 4 is 46.0 Å². The molecule has 3 aromatic rings. The number of nitrogen functional groups attached to an aromatic ring is 1. The number of hydrogen-bond donors (Lipinski definition) is 2. The van der Waals surface area contributed by atoms with E-state index in [9.17, 15) is 0 Å². The summed E-state index contributed by atoms with van der Waals surface area (Å²) in [4.78, 5) is 15.4. The quantitative estimate of drug-likeness (QED) is 0.712. The third-order valence-corrected chi connectivity index (χ3v) is 5.30. The van der Waals surface area contributed by atoms with Crippen molar-refractivity contribution in [2.75, 3.05) is 31.2 Å². The Morgan fingerprint density at radius 2 is 2.00 bits per heavy atom. The topological polar surface area (TPSA) is 84.9 Å². The number of halogens is 2. The van der Waals surface area contributed by atoms with E-state index in [1.54, 1.807) is 16.7 Å². The van der Waals surface area contributed by atoms with Crippen LogP contribution in [-0.2, 0) is 0 Å². The van der Waals surface area contributed by atoms with Gasteiger partial charge in [-0.05, 0) is 38.6 Å². The normalized spacial score (nSPS) is 18.3. The number of anilines is 2. The molecule has 1 aliphatic rings. The minimum atomic E-state index is 0.320. The number of hydrogen-bond acceptors (Lipinski definition) is 6. The Balaban J connectivity index is 1.69. The van der Waals surface area contributed by atoms with Crippen LogP contribution in [-0.4, -0.2) is 50.6 Å². The molecule has 0 radical (unpaired) electrons. The molecule has 0 amide bonds. The molecule has 3 heterocycles. The molecule has 2 aromatic heterocycles. The van der Waals surface area contributed by atoms with Crippen molar-refractivity contribution in [1.29, 1.82) is 0 Å². The molecule has 3 N–H and O–H groups in total. The Labute approximate surface area is 161 Å². The maximum absolute atomic E-state index is 6.17. The summed E-state index contributed by atoms with van der Waals surface area (Å²) < 4.78 is 1.75. The van der Waals surface area contributed by atoms with E-state index in [1.165, 1.54) is 12.7 Å². The van der Waals surface area contributed by atoms with Crippen LogP contribution in [0.1, 0.15) is 12.8 Å². The fourth-order valence-electron chi connectivity index (χ4n) is 3.37. The zero-order chi connectivity index (χ0) is 18.3. The SMILES string of the molecule is CN1CCC[C@H](Nc2cc(-n3c(N)nc4cc(Cl)c(Cl)cc43)ncn2)C1. The van der Waals surface area contributed by atoms with Crippen molar-refractivity contribution in [2.24, 2.45) is 0 Å². The number of imidazole rings is 1.